The van der Waals surface area contributed by atoms with Gasteiger partial charge in [-0.05, 0) is 19.3 Å². The molecule has 42 valence electrons. The van der Waals surface area contributed by atoms with E-state index in [9.17, 15) is 0 Å². The molecule has 0 aliphatic heterocycles. The summed E-state index contributed by atoms with van der Waals surface area (Å²) >= 11 is 0. The number of aliphatic hydroxyl groups is 1. The van der Waals surface area contributed by atoms with Crippen LogP contribution in [0.4, 0.5) is 0 Å². The quantitative estimate of drug-likeness (QED) is 0.526. The van der Waals surface area contributed by atoms with Crippen LogP contribution >= 0.6 is 0 Å². The van der Waals surface area contributed by atoms with Gasteiger partial charge < -0.3 is 5.11 Å². The third-order valence-corrected chi connectivity index (χ3v) is 0.770. The Morgan fingerprint density at radius 2 is 2.29 bits per heavy atom. The zero-order valence-corrected chi connectivity index (χ0v) is 4.56. The molecular weight excluding hydrogens is 88.1 g/mol. The molecule has 1 N–H and O–H groups in total. The summed E-state index contributed by atoms with van der Waals surface area (Å²) in [6, 6.07) is 0. The Hall–Kier alpha value is -0.0400. The smallest absolute Gasteiger partial charge is 0.0431 e. The second-order valence-electron chi connectivity index (χ2n) is 1.44. The first-order valence-electron chi connectivity index (χ1n) is 2.63. The van der Waals surface area contributed by atoms with E-state index < -0.39 is 0 Å². The average molecular weight is 100 g/mol. The predicted molar refractivity (Wildman–Crippen MR) is 30.6 cm³/mol. The second-order valence-corrected chi connectivity index (χ2v) is 1.44. The highest BCUT2D eigenvalue weighted by atomic mass is 16.2. The number of unbranched alkanes of at least 4 members (excludes halogenated alkanes) is 3. The third kappa shape index (κ3) is 5.96. The lowest BCUT2D eigenvalue weighted by Gasteiger charge is -1.89. The molecule has 0 atom stereocenters. The number of rotatable bonds is 4. The van der Waals surface area contributed by atoms with E-state index in [1.165, 1.54) is 0 Å². The maximum Gasteiger partial charge on any atom is 0.0431 e. The number of hydrogen-bond donors (Lipinski definition) is 1. The molecule has 0 aromatic rings. The van der Waals surface area contributed by atoms with Gasteiger partial charge in [0.05, 0.1) is 0 Å². The molecule has 0 bridgehead atoms. The Labute approximate surface area is 45.4 Å². The van der Waals surface area contributed by atoms with Crippen LogP contribution < -0.4 is 0 Å². The van der Waals surface area contributed by atoms with Gasteiger partial charge >= 0.3 is 0 Å². The van der Waals surface area contributed by atoms with Crippen molar-refractivity contribution in [2.45, 2.75) is 19.3 Å². The predicted octanol–water partition coefficient (Wildman–Crippen LogP) is 1.19. The van der Waals surface area contributed by atoms with E-state index in [0.717, 1.165) is 19.3 Å². The Morgan fingerprint density at radius 3 is 2.71 bits per heavy atom. The highest BCUT2D eigenvalue weighted by Gasteiger charge is 1.81. The van der Waals surface area contributed by atoms with Gasteiger partial charge in [0, 0.05) is 6.61 Å². The summed E-state index contributed by atoms with van der Waals surface area (Å²) in [5.41, 5.74) is 0. The highest BCUT2D eigenvalue weighted by molar-refractivity contribution is 4.64. The average Bonchev–Trinajstić information content (AvgIpc) is 1.69. The van der Waals surface area contributed by atoms with Crippen LogP contribution in [-0.4, -0.2) is 11.7 Å². The summed E-state index contributed by atoms with van der Waals surface area (Å²) < 4.78 is 0. The van der Waals surface area contributed by atoms with Crippen molar-refractivity contribution in [3.63, 3.8) is 0 Å². The normalized spacial score (nSPS) is 9.43. The lowest BCUT2D eigenvalue weighted by atomic mass is 10.2. The maximum atomic E-state index is 8.25. The molecule has 1 heteroatoms. The van der Waals surface area contributed by atoms with Crippen molar-refractivity contribution in [3.8, 4) is 0 Å². The maximum absolute atomic E-state index is 8.25. The van der Waals surface area contributed by atoms with Crippen LogP contribution in [0.15, 0.2) is 0 Å². The molecule has 0 aliphatic carbocycles. The fraction of sp³-hybridized carbons (Fsp3) is 0.667. The zero-order valence-electron chi connectivity index (χ0n) is 4.56. The lowest BCUT2D eigenvalue weighted by Crippen LogP contribution is -1.81. The first-order chi connectivity index (χ1) is 3.41. The topological polar surface area (TPSA) is 20.2 Å². The molecule has 2 radical (unpaired) electrons. The summed E-state index contributed by atoms with van der Waals surface area (Å²) in [6.45, 7) is 3.92. The molecule has 7 heavy (non-hydrogen) atoms. The van der Waals surface area contributed by atoms with Crippen LogP contribution in [0.1, 0.15) is 19.3 Å². The van der Waals surface area contributed by atoms with Crippen LogP contribution in [0.5, 0.6) is 0 Å². The van der Waals surface area contributed by atoms with Gasteiger partial charge in [-0.1, -0.05) is 13.3 Å². The van der Waals surface area contributed by atoms with Crippen molar-refractivity contribution >= 4 is 0 Å². The summed E-state index contributed by atoms with van der Waals surface area (Å²) in [7, 11) is 0. The summed E-state index contributed by atoms with van der Waals surface area (Å²) in [5.74, 6) is 0. The highest BCUT2D eigenvalue weighted by Crippen LogP contribution is 1.94. The van der Waals surface area contributed by atoms with Crippen LogP contribution in [0.25, 0.3) is 0 Å². The van der Waals surface area contributed by atoms with Gasteiger partial charge in [-0.2, -0.15) is 0 Å². The van der Waals surface area contributed by atoms with Crippen molar-refractivity contribution in [2.75, 3.05) is 6.61 Å². The molecule has 0 unspecified atom stereocenters. The lowest BCUT2D eigenvalue weighted by molar-refractivity contribution is 0.288. The molecule has 0 aromatic heterocycles. The van der Waals surface area contributed by atoms with E-state index in [2.05, 4.69) is 13.3 Å². The van der Waals surface area contributed by atoms with Gasteiger partial charge in [0.1, 0.15) is 0 Å². The first kappa shape index (κ1) is 6.96. The van der Waals surface area contributed by atoms with E-state index in [1.807, 2.05) is 0 Å². The van der Waals surface area contributed by atoms with E-state index in [-0.39, 0.29) is 0 Å². The Kier molecular flexibility index (Phi) is 5.93. The van der Waals surface area contributed by atoms with Gasteiger partial charge in [0.25, 0.3) is 0 Å². The fourth-order valence-corrected chi connectivity index (χ4v) is 0.380. The molecule has 0 amide bonds. The van der Waals surface area contributed by atoms with Gasteiger partial charge in [-0.3, -0.25) is 0 Å². The van der Waals surface area contributed by atoms with Crippen molar-refractivity contribution < 1.29 is 5.11 Å². The monoisotopic (exact) mass is 100 g/mol. The van der Waals surface area contributed by atoms with Crippen LogP contribution in [-0.2, 0) is 0 Å². The molecule has 0 rings (SSSR count). The van der Waals surface area contributed by atoms with Crippen molar-refractivity contribution in [1.82, 2.24) is 0 Å². The SMILES string of the molecule is [CH2]C[CH]CCCO. The first-order valence-corrected chi connectivity index (χ1v) is 2.63. The van der Waals surface area contributed by atoms with E-state index >= 15 is 0 Å². The van der Waals surface area contributed by atoms with Gasteiger partial charge in [-0.15, -0.1) is 0 Å². The third-order valence-electron chi connectivity index (χ3n) is 0.770. The van der Waals surface area contributed by atoms with E-state index in [4.69, 9.17) is 5.11 Å². The second kappa shape index (κ2) is 5.96. The number of hydrogen-bond acceptors (Lipinski definition) is 1. The molecule has 0 spiro atoms. The van der Waals surface area contributed by atoms with Crippen LogP contribution in [0.3, 0.4) is 0 Å². The molecule has 0 saturated carbocycles. The summed E-state index contributed by atoms with van der Waals surface area (Å²) in [5, 5.41) is 8.25. The minimum Gasteiger partial charge on any atom is -0.396 e. The summed E-state index contributed by atoms with van der Waals surface area (Å²) in [4.78, 5) is 0. The van der Waals surface area contributed by atoms with Crippen LogP contribution in [0.2, 0.25) is 0 Å². The molecule has 0 aliphatic rings. The van der Waals surface area contributed by atoms with Crippen molar-refractivity contribution in [2.24, 2.45) is 0 Å². The summed E-state index contributed by atoms with van der Waals surface area (Å²) in [6.07, 6.45) is 4.83. The van der Waals surface area contributed by atoms with Crippen LogP contribution in [0, 0.1) is 13.3 Å². The van der Waals surface area contributed by atoms with Crippen molar-refractivity contribution in [1.29, 1.82) is 0 Å². The van der Waals surface area contributed by atoms with E-state index in [0.29, 0.717) is 6.61 Å². The molecular formula is C6H12O. The number of aliphatic hydroxyl groups excluding tert-OH is 1. The zero-order chi connectivity index (χ0) is 5.54. The molecule has 0 heterocycles. The Bertz CT molecular complexity index is 23.4. The fourth-order valence-electron chi connectivity index (χ4n) is 0.380. The standard InChI is InChI=1S/C6H12O/c1-2-3-4-5-6-7/h3,7H,1-2,4-6H2. The van der Waals surface area contributed by atoms with Gasteiger partial charge in [0.15, 0.2) is 0 Å². The minimum absolute atomic E-state index is 0.302. The van der Waals surface area contributed by atoms with E-state index in [1.54, 1.807) is 0 Å². The molecule has 0 saturated heterocycles. The molecule has 0 aromatic carbocycles. The van der Waals surface area contributed by atoms with Crippen molar-refractivity contribution in [3.05, 3.63) is 13.3 Å². The largest absolute Gasteiger partial charge is 0.396 e. The Morgan fingerprint density at radius 1 is 1.57 bits per heavy atom. The van der Waals surface area contributed by atoms with Gasteiger partial charge in [-0.25, -0.2) is 0 Å². The molecule has 1 nitrogen and oxygen atoms in total. The Balaban J connectivity index is 2.45. The minimum atomic E-state index is 0.302. The van der Waals surface area contributed by atoms with Gasteiger partial charge in [0.2, 0.25) is 0 Å². The molecule has 0 fully saturated rings.